The first-order valence-corrected chi connectivity index (χ1v) is 7.68. The van der Waals surface area contributed by atoms with Crippen LogP contribution < -0.4 is 10.6 Å². The van der Waals surface area contributed by atoms with E-state index in [1.165, 1.54) is 6.33 Å². The summed E-state index contributed by atoms with van der Waals surface area (Å²) >= 11 is 0. The van der Waals surface area contributed by atoms with Crippen LogP contribution in [0.25, 0.3) is 0 Å². The topological polar surface area (TPSA) is 76.1 Å². The molecule has 0 fully saturated rings. The maximum Gasteiger partial charge on any atom is 0.338 e. The largest absolute Gasteiger partial charge is 0.462 e. The number of hydrogen-bond donors (Lipinski definition) is 2. The molecule has 0 unspecified atom stereocenters. The Hall–Kier alpha value is -2.63. The molecule has 1 aromatic carbocycles. The molecule has 6 heteroatoms. The van der Waals surface area contributed by atoms with Crippen molar-refractivity contribution < 1.29 is 9.53 Å². The molecule has 0 saturated heterocycles. The molecule has 2 aromatic rings. The Morgan fingerprint density at radius 3 is 2.52 bits per heavy atom. The van der Waals surface area contributed by atoms with E-state index < -0.39 is 0 Å². The number of benzene rings is 1. The van der Waals surface area contributed by atoms with Gasteiger partial charge in [0, 0.05) is 18.3 Å². The molecule has 0 aliphatic rings. The summed E-state index contributed by atoms with van der Waals surface area (Å²) in [5.41, 5.74) is 1.37. The number of hydrogen-bond acceptors (Lipinski definition) is 6. The number of ether oxygens (including phenoxy) is 1. The van der Waals surface area contributed by atoms with Crippen molar-refractivity contribution in [3.8, 4) is 0 Å². The highest BCUT2D eigenvalue weighted by atomic mass is 16.5. The van der Waals surface area contributed by atoms with E-state index in [2.05, 4.69) is 34.4 Å². The standard InChI is InChI=1S/C17H22N4O2/c1-4-23-17(22)13-5-7-14(8-6-13)21-16-9-15(19-11-20-16)18-10-12(2)3/h5-9,11-12H,4,10H2,1-3H3,(H2,18,19,20,21). The predicted octanol–water partition coefficient (Wildman–Crippen LogP) is 3.46. The summed E-state index contributed by atoms with van der Waals surface area (Å²) in [6.07, 6.45) is 1.51. The summed E-state index contributed by atoms with van der Waals surface area (Å²) in [4.78, 5) is 20.0. The zero-order valence-electron chi connectivity index (χ0n) is 13.7. The maximum absolute atomic E-state index is 11.6. The average Bonchev–Trinajstić information content (AvgIpc) is 2.54. The first-order valence-electron chi connectivity index (χ1n) is 7.68. The molecule has 2 N–H and O–H groups in total. The van der Waals surface area contributed by atoms with E-state index in [1.54, 1.807) is 19.1 Å². The van der Waals surface area contributed by atoms with Gasteiger partial charge in [-0.3, -0.25) is 0 Å². The molecule has 122 valence electrons. The summed E-state index contributed by atoms with van der Waals surface area (Å²) in [6.45, 7) is 7.28. The molecule has 6 nitrogen and oxygen atoms in total. The van der Waals surface area contributed by atoms with E-state index >= 15 is 0 Å². The first kappa shape index (κ1) is 16.7. The summed E-state index contributed by atoms with van der Waals surface area (Å²) in [5.74, 6) is 1.69. The van der Waals surface area contributed by atoms with Crippen molar-refractivity contribution in [1.82, 2.24) is 9.97 Å². The van der Waals surface area contributed by atoms with Crippen molar-refractivity contribution >= 4 is 23.3 Å². The summed E-state index contributed by atoms with van der Waals surface area (Å²) in [5, 5.41) is 6.44. The lowest BCUT2D eigenvalue weighted by atomic mass is 10.2. The maximum atomic E-state index is 11.6. The fraction of sp³-hybridized carbons (Fsp3) is 0.353. The van der Waals surface area contributed by atoms with Gasteiger partial charge in [-0.2, -0.15) is 0 Å². The Labute approximate surface area is 136 Å². The van der Waals surface area contributed by atoms with Gasteiger partial charge in [0.1, 0.15) is 18.0 Å². The molecule has 1 aromatic heterocycles. The minimum atomic E-state index is -0.318. The van der Waals surface area contributed by atoms with Crippen molar-refractivity contribution in [1.29, 1.82) is 0 Å². The third-order valence-corrected chi connectivity index (χ3v) is 3.03. The minimum Gasteiger partial charge on any atom is -0.462 e. The van der Waals surface area contributed by atoms with Gasteiger partial charge in [0.25, 0.3) is 0 Å². The second-order valence-electron chi connectivity index (χ2n) is 5.49. The Morgan fingerprint density at radius 1 is 1.17 bits per heavy atom. The minimum absolute atomic E-state index is 0.318. The van der Waals surface area contributed by atoms with E-state index in [0.717, 1.165) is 18.1 Å². The van der Waals surface area contributed by atoms with Gasteiger partial charge >= 0.3 is 5.97 Å². The summed E-state index contributed by atoms with van der Waals surface area (Å²) in [7, 11) is 0. The zero-order valence-corrected chi connectivity index (χ0v) is 13.7. The van der Waals surface area contributed by atoms with Crippen molar-refractivity contribution in [2.45, 2.75) is 20.8 Å². The fourth-order valence-corrected chi connectivity index (χ4v) is 1.88. The van der Waals surface area contributed by atoms with Crippen LogP contribution in [0.4, 0.5) is 17.3 Å². The molecule has 0 bridgehead atoms. The van der Waals surface area contributed by atoms with Crippen LogP contribution in [-0.2, 0) is 4.74 Å². The number of nitrogens with one attached hydrogen (secondary N) is 2. The monoisotopic (exact) mass is 314 g/mol. The van der Waals surface area contributed by atoms with Gasteiger partial charge in [0.05, 0.1) is 12.2 Å². The number of nitrogens with zero attached hydrogens (tertiary/aromatic N) is 2. The van der Waals surface area contributed by atoms with Crippen LogP contribution in [-0.4, -0.2) is 29.1 Å². The lowest BCUT2D eigenvalue weighted by Gasteiger charge is -2.10. The number of anilines is 3. The Kier molecular flexibility index (Phi) is 5.91. The number of carbonyl (C=O) groups excluding carboxylic acids is 1. The van der Waals surface area contributed by atoms with Crippen molar-refractivity contribution in [2.75, 3.05) is 23.8 Å². The SMILES string of the molecule is CCOC(=O)c1ccc(Nc2cc(NCC(C)C)ncn2)cc1. The molecule has 0 aliphatic heterocycles. The zero-order chi connectivity index (χ0) is 16.7. The van der Waals surface area contributed by atoms with Gasteiger partial charge in [0.2, 0.25) is 0 Å². The summed E-state index contributed by atoms with van der Waals surface area (Å²) in [6, 6.07) is 8.92. The Bertz CT molecular complexity index is 641. The molecule has 0 amide bonds. The second-order valence-corrected chi connectivity index (χ2v) is 5.49. The van der Waals surface area contributed by atoms with Gasteiger partial charge in [-0.25, -0.2) is 14.8 Å². The van der Waals surface area contributed by atoms with E-state index in [-0.39, 0.29) is 5.97 Å². The third-order valence-electron chi connectivity index (χ3n) is 3.03. The Morgan fingerprint density at radius 2 is 1.87 bits per heavy atom. The highest BCUT2D eigenvalue weighted by Gasteiger charge is 2.06. The van der Waals surface area contributed by atoms with E-state index in [4.69, 9.17) is 4.74 Å². The second kappa shape index (κ2) is 8.12. The first-order chi connectivity index (χ1) is 11.1. The quantitative estimate of drug-likeness (QED) is 0.762. The van der Waals surface area contributed by atoms with E-state index in [9.17, 15) is 4.79 Å². The lowest BCUT2D eigenvalue weighted by Crippen LogP contribution is -2.09. The van der Waals surface area contributed by atoms with Gasteiger partial charge in [0.15, 0.2) is 0 Å². The highest BCUT2D eigenvalue weighted by Crippen LogP contribution is 2.17. The fourth-order valence-electron chi connectivity index (χ4n) is 1.88. The predicted molar refractivity (Wildman–Crippen MR) is 91.0 cm³/mol. The van der Waals surface area contributed by atoms with Crippen LogP contribution in [0.1, 0.15) is 31.1 Å². The lowest BCUT2D eigenvalue weighted by molar-refractivity contribution is 0.0526. The van der Waals surface area contributed by atoms with Crippen molar-refractivity contribution in [3.63, 3.8) is 0 Å². The molecule has 1 heterocycles. The van der Waals surface area contributed by atoms with Crippen molar-refractivity contribution in [2.24, 2.45) is 5.92 Å². The average molecular weight is 314 g/mol. The van der Waals surface area contributed by atoms with Gasteiger partial charge in [-0.1, -0.05) is 13.8 Å². The van der Waals surface area contributed by atoms with Gasteiger partial charge < -0.3 is 15.4 Å². The smallest absolute Gasteiger partial charge is 0.338 e. The molecule has 0 radical (unpaired) electrons. The highest BCUT2D eigenvalue weighted by molar-refractivity contribution is 5.89. The molecular formula is C17H22N4O2. The molecule has 23 heavy (non-hydrogen) atoms. The van der Waals surface area contributed by atoms with Crippen LogP contribution in [0.2, 0.25) is 0 Å². The number of carbonyl (C=O) groups is 1. The van der Waals surface area contributed by atoms with Crippen LogP contribution in [0.3, 0.4) is 0 Å². The van der Waals surface area contributed by atoms with Crippen LogP contribution in [0, 0.1) is 5.92 Å². The van der Waals surface area contributed by atoms with Crippen LogP contribution in [0.15, 0.2) is 36.7 Å². The molecule has 0 atom stereocenters. The van der Waals surface area contributed by atoms with Gasteiger partial charge in [-0.15, -0.1) is 0 Å². The third kappa shape index (κ3) is 5.25. The van der Waals surface area contributed by atoms with Crippen molar-refractivity contribution in [3.05, 3.63) is 42.2 Å². The molecular weight excluding hydrogens is 292 g/mol. The van der Waals surface area contributed by atoms with E-state index in [1.807, 2.05) is 18.2 Å². The van der Waals surface area contributed by atoms with E-state index in [0.29, 0.717) is 23.9 Å². The summed E-state index contributed by atoms with van der Waals surface area (Å²) < 4.78 is 4.96. The Balaban J connectivity index is 2.01. The number of esters is 1. The van der Waals surface area contributed by atoms with Crippen LogP contribution >= 0.6 is 0 Å². The molecule has 0 spiro atoms. The van der Waals surface area contributed by atoms with Gasteiger partial charge in [-0.05, 0) is 37.1 Å². The molecule has 2 rings (SSSR count). The molecule has 0 saturated carbocycles. The van der Waals surface area contributed by atoms with Crippen LogP contribution in [0.5, 0.6) is 0 Å². The molecule has 0 aliphatic carbocycles. The number of aromatic nitrogens is 2. The normalized spacial score (nSPS) is 10.4. The number of rotatable bonds is 7.